The van der Waals surface area contributed by atoms with Gasteiger partial charge in [-0.2, -0.15) is 5.26 Å². The quantitative estimate of drug-likeness (QED) is 0.274. The van der Waals surface area contributed by atoms with Crippen LogP contribution in [0.1, 0.15) is 21.5 Å². The van der Waals surface area contributed by atoms with Gasteiger partial charge in [0.2, 0.25) is 0 Å². The smallest absolute Gasteiger partial charge is 0.271 e. The maximum atomic E-state index is 13.5. The topological polar surface area (TPSA) is 104 Å². The summed E-state index contributed by atoms with van der Waals surface area (Å²) in [4.78, 5) is 30.2. The van der Waals surface area contributed by atoms with Gasteiger partial charge in [0.05, 0.1) is 27.8 Å². The van der Waals surface area contributed by atoms with Crippen molar-refractivity contribution >= 4 is 57.3 Å². The Balaban J connectivity index is 0.00000144. The Morgan fingerprint density at radius 2 is 1.60 bits per heavy atom. The normalized spacial score (nSPS) is 12.7. The summed E-state index contributed by atoms with van der Waals surface area (Å²) < 4.78 is 14.9. The monoisotopic (exact) mass is 601 g/mol. The third-order valence-electron chi connectivity index (χ3n) is 6.56. The van der Waals surface area contributed by atoms with E-state index in [0.717, 1.165) is 10.9 Å². The number of nitrogens with zero attached hydrogens (tertiary/aromatic N) is 4. The minimum Gasteiger partial charge on any atom is -0.366 e. The van der Waals surface area contributed by atoms with Crippen LogP contribution in [0.2, 0.25) is 10.0 Å². The van der Waals surface area contributed by atoms with Crippen LogP contribution in [0.15, 0.2) is 71.5 Å². The molecule has 0 spiro atoms. The van der Waals surface area contributed by atoms with E-state index in [4.69, 9.17) is 23.2 Å². The first-order chi connectivity index (χ1) is 18.9. The highest BCUT2D eigenvalue weighted by molar-refractivity contribution is 6.42. The van der Waals surface area contributed by atoms with E-state index in [2.05, 4.69) is 17.7 Å². The van der Waals surface area contributed by atoms with Crippen LogP contribution in [-0.2, 0) is 6.54 Å². The number of aromatic nitrogens is 1. The SMILES string of the molecule is CCl.N.N#Cc1c(N2CCN(C(=O)c3ccc(Cl)c(Cl)c3)CC2)c2ccccc2n(Cc2ccc(F)cc2)c1=O. The second-order valence-corrected chi connectivity index (χ2v) is 9.59. The standard InChI is InChI=1S/C28H21Cl2FN4O2.CH3Cl.H3N/c29-23-10-7-19(15-24(23)30)27(36)34-13-11-33(12-14-34)26-21-3-1-2-4-25(21)35(28(37)22(26)16-32)17-18-5-8-20(31)9-6-18;1-2;/h1-10,15H,11-14,17H2;1H3;1H3. The number of anilines is 1. The van der Waals surface area contributed by atoms with Crippen molar-refractivity contribution in [2.45, 2.75) is 6.54 Å². The van der Waals surface area contributed by atoms with Crippen molar-refractivity contribution in [2.75, 3.05) is 37.5 Å². The molecule has 208 valence electrons. The molecule has 5 rings (SSSR count). The van der Waals surface area contributed by atoms with Gasteiger partial charge in [-0.05, 0) is 42.0 Å². The molecule has 40 heavy (non-hydrogen) atoms. The molecule has 0 atom stereocenters. The molecule has 4 aromatic rings. The lowest BCUT2D eigenvalue weighted by Crippen LogP contribution is -2.49. The van der Waals surface area contributed by atoms with E-state index in [1.54, 1.807) is 39.8 Å². The number of hydrogen-bond donors (Lipinski definition) is 1. The predicted octanol–water partition coefficient (Wildman–Crippen LogP) is 6.35. The number of carbonyl (C=O) groups excluding carboxylic acids is 1. The minimum absolute atomic E-state index is 0. The number of nitriles is 1. The fraction of sp³-hybridized carbons (Fsp3) is 0.207. The lowest BCUT2D eigenvalue weighted by molar-refractivity contribution is 0.0747. The van der Waals surface area contributed by atoms with Gasteiger partial charge in [-0.3, -0.25) is 9.59 Å². The summed E-state index contributed by atoms with van der Waals surface area (Å²) in [5.41, 5.74) is 2.09. The van der Waals surface area contributed by atoms with E-state index in [1.807, 2.05) is 29.2 Å². The molecule has 0 radical (unpaired) electrons. The number of amides is 1. The van der Waals surface area contributed by atoms with Gasteiger partial charge >= 0.3 is 0 Å². The molecule has 11 heteroatoms. The summed E-state index contributed by atoms with van der Waals surface area (Å²) in [5, 5.41) is 11.5. The molecule has 7 nitrogen and oxygen atoms in total. The highest BCUT2D eigenvalue weighted by atomic mass is 35.5. The number of alkyl halides is 1. The first kappa shape index (κ1) is 30.9. The highest BCUT2D eigenvalue weighted by Crippen LogP contribution is 2.30. The minimum atomic E-state index is -0.408. The van der Waals surface area contributed by atoms with Crippen molar-refractivity contribution in [1.82, 2.24) is 15.6 Å². The number of fused-ring (bicyclic) bond motifs is 1. The first-order valence-electron chi connectivity index (χ1n) is 12.0. The second kappa shape index (κ2) is 13.6. The first-order valence-corrected chi connectivity index (χ1v) is 13.6. The van der Waals surface area contributed by atoms with Crippen molar-refractivity contribution in [1.29, 1.82) is 5.26 Å². The third-order valence-corrected chi connectivity index (χ3v) is 7.30. The number of benzene rings is 3. The van der Waals surface area contributed by atoms with Gasteiger partial charge in [0, 0.05) is 43.5 Å². The largest absolute Gasteiger partial charge is 0.366 e. The zero-order chi connectivity index (χ0) is 28.1. The van der Waals surface area contributed by atoms with E-state index in [1.165, 1.54) is 18.5 Å². The van der Waals surface area contributed by atoms with Crippen molar-refractivity contribution < 1.29 is 9.18 Å². The van der Waals surface area contributed by atoms with Crippen LogP contribution in [-0.4, -0.2) is 47.9 Å². The molecule has 2 heterocycles. The number of piperazine rings is 1. The van der Waals surface area contributed by atoms with Gasteiger partial charge in [-0.1, -0.05) is 53.5 Å². The van der Waals surface area contributed by atoms with E-state index in [0.29, 0.717) is 53.0 Å². The van der Waals surface area contributed by atoms with Crippen LogP contribution in [0.4, 0.5) is 10.1 Å². The Kier molecular flexibility index (Phi) is 10.5. The van der Waals surface area contributed by atoms with Crippen LogP contribution in [0.3, 0.4) is 0 Å². The van der Waals surface area contributed by atoms with Gasteiger partial charge in [-0.25, -0.2) is 4.39 Å². The van der Waals surface area contributed by atoms with Crippen LogP contribution in [0.25, 0.3) is 10.9 Å². The number of rotatable bonds is 4. The number of carbonyl (C=O) groups is 1. The Hall–Kier alpha value is -3.61. The molecule has 3 N–H and O–H groups in total. The molecular weight excluding hydrogens is 576 g/mol. The summed E-state index contributed by atoms with van der Waals surface area (Å²) in [6.07, 6.45) is 1.47. The summed E-state index contributed by atoms with van der Waals surface area (Å²) in [6, 6.07) is 20.3. The molecule has 1 amide bonds. The summed E-state index contributed by atoms with van der Waals surface area (Å²) >= 11 is 16.7. The van der Waals surface area contributed by atoms with Crippen LogP contribution in [0, 0.1) is 17.1 Å². The molecule has 1 aliphatic heterocycles. The molecule has 0 bridgehead atoms. The van der Waals surface area contributed by atoms with Gasteiger partial charge in [0.1, 0.15) is 17.4 Å². The maximum absolute atomic E-state index is 13.5. The molecule has 1 fully saturated rings. The molecule has 0 unspecified atom stereocenters. The fourth-order valence-electron chi connectivity index (χ4n) is 4.69. The second-order valence-electron chi connectivity index (χ2n) is 8.78. The predicted molar refractivity (Wildman–Crippen MR) is 160 cm³/mol. The molecule has 1 aromatic heterocycles. The fourth-order valence-corrected chi connectivity index (χ4v) is 4.99. The van der Waals surface area contributed by atoms with Crippen LogP contribution in [0.5, 0.6) is 0 Å². The molecule has 1 saturated heterocycles. The third kappa shape index (κ3) is 6.24. The molecular formula is C29H27Cl3FN5O2. The van der Waals surface area contributed by atoms with Crippen LogP contribution >= 0.6 is 34.8 Å². The summed E-state index contributed by atoms with van der Waals surface area (Å²) in [7, 11) is 0. The van der Waals surface area contributed by atoms with Gasteiger partial charge < -0.3 is 20.5 Å². The van der Waals surface area contributed by atoms with E-state index in [-0.39, 0.29) is 30.0 Å². The van der Waals surface area contributed by atoms with E-state index in [9.17, 15) is 19.2 Å². The lowest BCUT2D eigenvalue weighted by Gasteiger charge is -2.37. The Morgan fingerprint density at radius 1 is 0.950 bits per heavy atom. The zero-order valence-electron chi connectivity index (χ0n) is 21.7. The summed E-state index contributed by atoms with van der Waals surface area (Å²) in [6.45, 7) is 1.94. The van der Waals surface area contributed by atoms with Gasteiger partial charge in [0.25, 0.3) is 11.5 Å². The average molecular weight is 603 g/mol. The van der Waals surface area contributed by atoms with Crippen molar-refractivity contribution in [2.24, 2.45) is 0 Å². The van der Waals surface area contributed by atoms with Crippen molar-refractivity contribution in [3.8, 4) is 6.07 Å². The lowest BCUT2D eigenvalue weighted by atomic mass is 10.1. The Morgan fingerprint density at radius 3 is 2.23 bits per heavy atom. The Labute approximate surface area is 246 Å². The van der Waals surface area contributed by atoms with E-state index >= 15 is 0 Å². The van der Waals surface area contributed by atoms with Crippen molar-refractivity contribution in [3.05, 3.63) is 110 Å². The van der Waals surface area contributed by atoms with E-state index < -0.39 is 5.56 Å². The molecule has 3 aromatic carbocycles. The van der Waals surface area contributed by atoms with Gasteiger partial charge in [0.15, 0.2) is 0 Å². The average Bonchev–Trinajstić information content (AvgIpc) is 2.97. The number of hydrogen-bond acceptors (Lipinski definition) is 5. The number of para-hydroxylation sites is 1. The molecule has 0 saturated carbocycles. The number of halogens is 4. The Bertz CT molecular complexity index is 1610. The molecule has 0 aliphatic carbocycles. The zero-order valence-corrected chi connectivity index (χ0v) is 24.0. The van der Waals surface area contributed by atoms with Crippen LogP contribution < -0.4 is 16.6 Å². The maximum Gasteiger partial charge on any atom is 0.271 e. The molecule has 1 aliphatic rings. The van der Waals surface area contributed by atoms with Gasteiger partial charge in [-0.15, -0.1) is 11.6 Å². The summed E-state index contributed by atoms with van der Waals surface area (Å²) in [5.74, 6) is -0.510. The highest BCUT2D eigenvalue weighted by Gasteiger charge is 2.27. The number of pyridine rings is 1. The van der Waals surface area contributed by atoms with Crippen molar-refractivity contribution in [3.63, 3.8) is 0 Å².